The van der Waals surface area contributed by atoms with Gasteiger partial charge >= 0.3 is 0 Å². The van der Waals surface area contributed by atoms with Crippen molar-refractivity contribution in [3.05, 3.63) is 0 Å². The SMILES string of the molecule is CCCC(CCO)CN=C(NCC)NCCN(CCOC)C1CC1. The predicted molar refractivity (Wildman–Crippen MR) is 101 cm³/mol. The summed E-state index contributed by atoms with van der Waals surface area (Å²) in [5, 5.41) is 15.9. The minimum absolute atomic E-state index is 0.250. The molecule has 6 heteroatoms. The lowest BCUT2D eigenvalue weighted by Crippen LogP contribution is -2.43. The Morgan fingerprint density at radius 2 is 2.04 bits per heavy atom. The van der Waals surface area contributed by atoms with E-state index in [1.807, 2.05) is 0 Å². The second kappa shape index (κ2) is 13.4. The van der Waals surface area contributed by atoms with E-state index in [0.29, 0.717) is 5.92 Å². The quantitative estimate of drug-likeness (QED) is 0.329. The summed E-state index contributed by atoms with van der Waals surface area (Å²) >= 11 is 0. The molecule has 142 valence electrons. The largest absolute Gasteiger partial charge is 0.396 e. The fourth-order valence-electron chi connectivity index (χ4n) is 2.92. The smallest absolute Gasteiger partial charge is 0.191 e. The zero-order valence-electron chi connectivity index (χ0n) is 15.9. The first kappa shape index (κ1) is 21.2. The fraction of sp³-hybridized carbons (Fsp3) is 0.944. The number of nitrogens with zero attached hydrogens (tertiary/aromatic N) is 2. The molecule has 0 spiro atoms. The Kier molecular flexibility index (Phi) is 11.9. The van der Waals surface area contributed by atoms with Gasteiger partial charge in [-0.2, -0.15) is 0 Å². The van der Waals surface area contributed by atoms with Crippen LogP contribution in [0.5, 0.6) is 0 Å². The van der Waals surface area contributed by atoms with Crippen molar-refractivity contribution < 1.29 is 9.84 Å². The number of hydrogen-bond acceptors (Lipinski definition) is 4. The third-order valence-electron chi connectivity index (χ3n) is 4.42. The summed E-state index contributed by atoms with van der Waals surface area (Å²) in [7, 11) is 1.76. The van der Waals surface area contributed by atoms with Crippen LogP contribution in [0.15, 0.2) is 4.99 Å². The van der Waals surface area contributed by atoms with Crippen LogP contribution in [0.1, 0.15) is 46.0 Å². The molecule has 0 aromatic carbocycles. The molecule has 1 rings (SSSR count). The highest BCUT2D eigenvalue weighted by Crippen LogP contribution is 2.25. The molecule has 0 aromatic rings. The number of guanidine groups is 1. The number of aliphatic hydroxyl groups is 1. The molecule has 0 aromatic heterocycles. The van der Waals surface area contributed by atoms with Crippen LogP contribution >= 0.6 is 0 Å². The summed E-state index contributed by atoms with van der Waals surface area (Å²) in [4.78, 5) is 7.22. The second-order valence-electron chi connectivity index (χ2n) is 6.57. The van der Waals surface area contributed by atoms with Gasteiger partial charge < -0.3 is 20.5 Å². The lowest BCUT2D eigenvalue weighted by Gasteiger charge is -2.22. The first-order chi connectivity index (χ1) is 11.7. The van der Waals surface area contributed by atoms with E-state index in [4.69, 9.17) is 14.8 Å². The van der Waals surface area contributed by atoms with Gasteiger partial charge in [-0.3, -0.25) is 9.89 Å². The molecule has 3 N–H and O–H groups in total. The molecule has 0 amide bonds. The number of nitrogens with one attached hydrogen (secondary N) is 2. The van der Waals surface area contributed by atoms with Gasteiger partial charge in [-0.1, -0.05) is 13.3 Å². The highest BCUT2D eigenvalue weighted by atomic mass is 16.5. The van der Waals surface area contributed by atoms with Crippen molar-refractivity contribution in [1.82, 2.24) is 15.5 Å². The van der Waals surface area contributed by atoms with Crippen LogP contribution in [0.25, 0.3) is 0 Å². The molecule has 1 aliphatic carbocycles. The van der Waals surface area contributed by atoms with Gasteiger partial charge in [0, 0.05) is 52.5 Å². The maximum absolute atomic E-state index is 9.17. The maximum Gasteiger partial charge on any atom is 0.191 e. The number of rotatable bonds is 14. The Labute approximate surface area is 148 Å². The van der Waals surface area contributed by atoms with Gasteiger partial charge in [0.15, 0.2) is 5.96 Å². The molecule has 6 nitrogen and oxygen atoms in total. The van der Waals surface area contributed by atoms with Crippen molar-refractivity contribution in [3.63, 3.8) is 0 Å². The predicted octanol–water partition coefficient (Wildman–Crippen LogP) is 1.45. The minimum atomic E-state index is 0.250. The van der Waals surface area contributed by atoms with Crippen LogP contribution in [0.2, 0.25) is 0 Å². The molecule has 1 fully saturated rings. The molecule has 1 aliphatic rings. The van der Waals surface area contributed by atoms with E-state index in [0.717, 1.165) is 70.6 Å². The molecule has 0 heterocycles. The average molecular weight is 343 g/mol. The summed E-state index contributed by atoms with van der Waals surface area (Å²) in [5.74, 6) is 1.36. The van der Waals surface area contributed by atoms with E-state index in [1.165, 1.54) is 12.8 Å². The molecule has 1 saturated carbocycles. The van der Waals surface area contributed by atoms with Crippen molar-refractivity contribution in [2.45, 2.75) is 52.0 Å². The van der Waals surface area contributed by atoms with Crippen LogP contribution < -0.4 is 10.6 Å². The number of aliphatic hydroxyl groups excluding tert-OH is 1. The zero-order valence-corrected chi connectivity index (χ0v) is 15.9. The summed E-state index contributed by atoms with van der Waals surface area (Å²) in [6.07, 6.45) is 5.73. The van der Waals surface area contributed by atoms with E-state index in [9.17, 15) is 0 Å². The molecule has 1 unspecified atom stereocenters. The summed E-state index contributed by atoms with van der Waals surface area (Å²) in [6, 6.07) is 0.750. The van der Waals surface area contributed by atoms with E-state index in [1.54, 1.807) is 7.11 Å². The first-order valence-electron chi connectivity index (χ1n) is 9.61. The molecule has 0 saturated heterocycles. The van der Waals surface area contributed by atoms with Crippen LogP contribution in [0, 0.1) is 5.92 Å². The number of ether oxygens (including phenoxy) is 1. The Morgan fingerprint density at radius 1 is 1.25 bits per heavy atom. The minimum Gasteiger partial charge on any atom is -0.396 e. The normalized spacial score (nSPS) is 16.5. The molecule has 0 aliphatic heterocycles. The molecule has 0 bridgehead atoms. The molecule has 0 radical (unpaired) electrons. The molecular weight excluding hydrogens is 304 g/mol. The standard InChI is InChI=1S/C18H38N4O2/c1-4-6-16(9-13-23)15-21-18(19-5-2)20-10-11-22(12-14-24-3)17-7-8-17/h16-17,23H,4-15H2,1-3H3,(H2,19,20,21). The lowest BCUT2D eigenvalue weighted by atomic mass is 10.0. The van der Waals surface area contributed by atoms with Crippen molar-refractivity contribution in [2.24, 2.45) is 10.9 Å². The first-order valence-corrected chi connectivity index (χ1v) is 9.61. The topological polar surface area (TPSA) is 69.1 Å². The average Bonchev–Trinajstić information content (AvgIpc) is 3.40. The monoisotopic (exact) mass is 342 g/mol. The van der Waals surface area contributed by atoms with Gasteiger partial charge in [0.1, 0.15) is 0 Å². The van der Waals surface area contributed by atoms with Crippen LogP contribution in [0.4, 0.5) is 0 Å². The zero-order chi connectivity index (χ0) is 17.6. The number of aliphatic imine (C=N–C) groups is 1. The Bertz CT molecular complexity index is 329. The summed E-state index contributed by atoms with van der Waals surface area (Å²) in [6.45, 7) is 9.88. The number of methoxy groups -OCH3 is 1. The van der Waals surface area contributed by atoms with Gasteiger partial charge in [0.05, 0.1) is 6.61 Å². The Hall–Kier alpha value is -0.850. The third-order valence-corrected chi connectivity index (χ3v) is 4.42. The fourth-order valence-corrected chi connectivity index (χ4v) is 2.92. The van der Waals surface area contributed by atoms with E-state index < -0.39 is 0 Å². The van der Waals surface area contributed by atoms with Gasteiger partial charge in [0.2, 0.25) is 0 Å². The van der Waals surface area contributed by atoms with Gasteiger partial charge in [0.25, 0.3) is 0 Å². The van der Waals surface area contributed by atoms with Crippen molar-refractivity contribution in [1.29, 1.82) is 0 Å². The van der Waals surface area contributed by atoms with Gasteiger partial charge in [-0.15, -0.1) is 0 Å². The van der Waals surface area contributed by atoms with Crippen molar-refractivity contribution in [3.8, 4) is 0 Å². The Balaban J connectivity index is 2.38. The van der Waals surface area contributed by atoms with Crippen LogP contribution in [-0.4, -0.2) is 75.1 Å². The highest BCUT2D eigenvalue weighted by molar-refractivity contribution is 5.79. The second-order valence-corrected chi connectivity index (χ2v) is 6.57. The van der Waals surface area contributed by atoms with Crippen LogP contribution in [-0.2, 0) is 4.74 Å². The van der Waals surface area contributed by atoms with E-state index in [2.05, 4.69) is 29.4 Å². The summed E-state index contributed by atoms with van der Waals surface area (Å²) in [5.41, 5.74) is 0. The molecule has 24 heavy (non-hydrogen) atoms. The van der Waals surface area contributed by atoms with Crippen molar-refractivity contribution in [2.75, 3.05) is 53.0 Å². The van der Waals surface area contributed by atoms with Gasteiger partial charge in [-0.05, 0) is 38.5 Å². The third kappa shape index (κ3) is 9.45. The van der Waals surface area contributed by atoms with Crippen molar-refractivity contribution >= 4 is 5.96 Å². The Morgan fingerprint density at radius 3 is 2.62 bits per heavy atom. The summed E-state index contributed by atoms with van der Waals surface area (Å²) < 4.78 is 5.21. The maximum atomic E-state index is 9.17. The van der Waals surface area contributed by atoms with Crippen LogP contribution in [0.3, 0.4) is 0 Å². The number of hydrogen-bond donors (Lipinski definition) is 3. The van der Waals surface area contributed by atoms with Gasteiger partial charge in [-0.25, -0.2) is 0 Å². The molecule has 1 atom stereocenters. The lowest BCUT2D eigenvalue weighted by molar-refractivity contribution is 0.144. The molecular formula is C18H38N4O2. The van der Waals surface area contributed by atoms with E-state index >= 15 is 0 Å². The van der Waals surface area contributed by atoms with E-state index in [-0.39, 0.29) is 6.61 Å². The highest BCUT2D eigenvalue weighted by Gasteiger charge is 2.28.